The van der Waals surface area contributed by atoms with Gasteiger partial charge in [-0.05, 0) is 30.7 Å². The predicted octanol–water partition coefficient (Wildman–Crippen LogP) is 3.81. The van der Waals surface area contributed by atoms with E-state index >= 15 is 0 Å². The molecule has 0 spiro atoms. The van der Waals surface area contributed by atoms with Crippen molar-refractivity contribution in [1.29, 1.82) is 0 Å². The number of phenols is 2. The highest BCUT2D eigenvalue weighted by Crippen LogP contribution is 2.51. The SMILES string of the molecule is CNCC1SC(c2ccccc2)Cc2c1ccc(O)c2O.Cl. The predicted molar refractivity (Wildman–Crippen MR) is 94.2 cm³/mol. The van der Waals surface area contributed by atoms with Gasteiger partial charge in [0.2, 0.25) is 0 Å². The van der Waals surface area contributed by atoms with Gasteiger partial charge in [-0.25, -0.2) is 0 Å². The third-order valence-electron chi connectivity index (χ3n) is 3.92. The van der Waals surface area contributed by atoms with Gasteiger partial charge >= 0.3 is 0 Å². The zero-order valence-corrected chi connectivity index (χ0v) is 14.0. The lowest BCUT2D eigenvalue weighted by atomic mass is 9.95. The van der Waals surface area contributed by atoms with Crippen LogP contribution in [0.1, 0.15) is 27.2 Å². The van der Waals surface area contributed by atoms with Gasteiger partial charge in [0.1, 0.15) is 0 Å². The third-order valence-corrected chi connectivity index (χ3v) is 5.44. The minimum Gasteiger partial charge on any atom is -0.504 e. The maximum Gasteiger partial charge on any atom is 0.161 e. The quantitative estimate of drug-likeness (QED) is 0.745. The van der Waals surface area contributed by atoms with Crippen LogP contribution in [-0.4, -0.2) is 23.8 Å². The van der Waals surface area contributed by atoms with Crippen LogP contribution < -0.4 is 5.32 Å². The highest BCUT2D eigenvalue weighted by Gasteiger charge is 2.30. The molecule has 0 radical (unpaired) electrons. The van der Waals surface area contributed by atoms with Crippen molar-refractivity contribution in [3.63, 3.8) is 0 Å². The lowest BCUT2D eigenvalue weighted by Gasteiger charge is -2.32. The average molecular weight is 338 g/mol. The Morgan fingerprint density at radius 2 is 1.86 bits per heavy atom. The Hall–Kier alpha value is -1.36. The molecule has 1 aliphatic heterocycles. The molecule has 0 saturated carbocycles. The molecule has 0 amide bonds. The van der Waals surface area contributed by atoms with Crippen LogP contribution in [0.15, 0.2) is 42.5 Å². The summed E-state index contributed by atoms with van der Waals surface area (Å²) in [6, 6.07) is 13.9. The summed E-state index contributed by atoms with van der Waals surface area (Å²) in [6.45, 7) is 0.839. The number of hydrogen-bond acceptors (Lipinski definition) is 4. The van der Waals surface area contributed by atoms with Crippen molar-refractivity contribution in [1.82, 2.24) is 5.32 Å². The Bertz CT molecular complexity index is 636. The van der Waals surface area contributed by atoms with E-state index < -0.39 is 0 Å². The topological polar surface area (TPSA) is 52.5 Å². The molecule has 2 atom stereocenters. The molecule has 0 fully saturated rings. The van der Waals surface area contributed by atoms with Crippen LogP contribution in [0, 0.1) is 0 Å². The lowest BCUT2D eigenvalue weighted by Crippen LogP contribution is -2.21. The first-order chi connectivity index (χ1) is 10.2. The summed E-state index contributed by atoms with van der Waals surface area (Å²) in [7, 11) is 1.94. The van der Waals surface area contributed by atoms with Crippen LogP contribution in [-0.2, 0) is 6.42 Å². The highest BCUT2D eigenvalue weighted by atomic mass is 35.5. The monoisotopic (exact) mass is 337 g/mol. The largest absolute Gasteiger partial charge is 0.504 e. The normalized spacial score (nSPS) is 20.0. The maximum absolute atomic E-state index is 10.2. The van der Waals surface area contributed by atoms with Crippen molar-refractivity contribution in [2.75, 3.05) is 13.6 Å². The smallest absolute Gasteiger partial charge is 0.161 e. The van der Waals surface area contributed by atoms with Gasteiger partial charge < -0.3 is 15.5 Å². The van der Waals surface area contributed by atoms with Gasteiger partial charge in [-0.15, -0.1) is 24.2 Å². The van der Waals surface area contributed by atoms with Gasteiger partial charge in [-0.1, -0.05) is 36.4 Å². The van der Waals surface area contributed by atoms with Gasteiger partial charge in [-0.3, -0.25) is 0 Å². The minimum absolute atomic E-state index is 0. The van der Waals surface area contributed by atoms with E-state index in [9.17, 15) is 10.2 Å². The van der Waals surface area contributed by atoms with E-state index in [0.717, 1.165) is 24.1 Å². The number of thioether (sulfide) groups is 1. The number of phenolic OH excluding ortho intramolecular Hbond substituents is 2. The summed E-state index contributed by atoms with van der Waals surface area (Å²) in [4.78, 5) is 0. The third kappa shape index (κ3) is 3.19. The second kappa shape index (κ2) is 7.27. The molecule has 2 aromatic rings. The first-order valence-corrected chi connectivity index (χ1v) is 8.03. The van der Waals surface area contributed by atoms with Crippen LogP contribution in [0.5, 0.6) is 11.5 Å². The molecular formula is C17H20ClNO2S. The van der Waals surface area contributed by atoms with E-state index in [4.69, 9.17) is 0 Å². The fourth-order valence-electron chi connectivity index (χ4n) is 2.87. The number of halogens is 1. The van der Waals surface area contributed by atoms with Gasteiger partial charge in [0.25, 0.3) is 0 Å². The molecule has 3 rings (SSSR count). The highest BCUT2D eigenvalue weighted by molar-refractivity contribution is 7.99. The summed E-state index contributed by atoms with van der Waals surface area (Å²) >= 11 is 1.91. The van der Waals surface area contributed by atoms with Gasteiger partial charge in [-0.2, -0.15) is 0 Å². The molecule has 2 aromatic carbocycles. The van der Waals surface area contributed by atoms with Crippen LogP contribution in [0.4, 0.5) is 0 Å². The molecule has 22 heavy (non-hydrogen) atoms. The van der Waals surface area contributed by atoms with Crippen molar-refractivity contribution >= 4 is 24.2 Å². The number of fused-ring (bicyclic) bond motifs is 1. The van der Waals surface area contributed by atoms with Gasteiger partial charge in [0.05, 0.1) is 0 Å². The van der Waals surface area contributed by atoms with Crippen LogP contribution >= 0.6 is 24.2 Å². The van der Waals surface area contributed by atoms with Crippen molar-refractivity contribution in [3.05, 3.63) is 59.2 Å². The summed E-state index contributed by atoms with van der Waals surface area (Å²) < 4.78 is 0. The van der Waals surface area contributed by atoms with Gasteiger partial charge in [0.15, 0.2) is 11.5 Å². The van der Waals surface area contributed by atoms with Crippen LogP contribution in [0.3, 0.4) is 0 Å². The second-order valence-corrected chi connectivity index (χ2v) is 6.70. The molecule has 5 heteroatoms. The lowest BCUT2D eigenvalue weighted by molar-refractivity contribution is 0.397. The van der Waals surface area contributed by atoms with Crippen LogP contribution in [0.2, 0.25) is 0 Å². The molecule has 0 aromatic heterocycles. The molecule has 0 bridgehead atoms. The van der Waals surface area contributed by atoms with E-state index in [1.807, 2.05) is 43.1 Å². The molecule has 0 saturated heterocycles. The fourth-order valence-corrected chi connectivity index (χ4v) is 4.47. The van der Waals surface area contributed by atoms with E-state index in [-0.39, 0.29) is 29.2 Å². The van der Waals surface area contributed by atoms with Crippen LogP contribution in [0.25, 0.3) is 0 Å². The maximum atomic E-state index is 10.2. The second-order valence-electron chi connectivity index (χ2n) is 5.29. The van der Waals surface area contributed by atoms with E-state index in [2.05, 4.69) is 17.4 Å². The summed E-state index contributed by atoms with van der Waals surface area (Å²) in [5, 5.41) is 23.8. The Labute approximate surface area is 141 Å². The van der Waals surface area contributed by atoms with Crippen molar-refractivity contribution < 1.29 is 10.2 Å². The summed E-state index contributed by atoms with van der Waals surface area (Å²) in [5.74, 6) is 0.00510. The Balaban J connectivity index is 0.00000176. The zero-order valence-electron chi connectivity index (χ0n) is 12.3. The number of hydrogen-bond donors (Lipinski definition) is 3. The molecule has 0 aliphatic carbocycles. The minimum atomic E-state index is -0.0318. The summed E-state index contributed by atoms with van der Waals surface area (Å²) in [5.41, 5.74) is 3.26. The number of rotatable bonds is 3. The molecule has 3 N–H and O–H groups in total. The molecule has 2 unspecified atom stereocenters. The first-order valence-electron chi connectivity index (χ1n) is 7.09. The molecule has 3 nitrogen and oxygen atoms in total. The zero-order chi connectivity index (χ0) is 14.8. The van der Waals surface area contributed by atoms with Crippen molar-refractivity contribution in [2.45, 2.75) is 16.9 Å². The average Bonchev–Trinajstić information content (AvgIpc) is 2.52. The number of likely N-dealkylation sites (N-methyl/N-ethyl adjacent to an activating group) is 1. The van der Waals surface area contributed by atoms with E-state index in [1.54, 1.807) is 6.07 Å². The number of aromatic hydroxyl groups is 2. The van der Waals surface area contributed by atoms with E-state index in [0.29, 0.717) is 5.25 Å². The summed E-state index contributed by atoms with van der Waals surface area (Å²) in [6.07, 6.45) is 0.741. The molecule has 1 heterocycles. The molecule has 118 valence electrons. The Kier molecular flexibility index (Phi) is 5.62. The van der Waals surface area contributed by atoms with E-state index in [1.165, 1.54) is 5.56 Å². The van der Waals surface area contributed by atoms with Crippen molar-refractivity contribution in [3.8, 4) is 11.5 Å². The first kappa shape index (κ1) is 17.0. The number of benzene rings is 2. The molecule has 1 aliphatic rings. The Morgan fingerprint density at radius 1 is 1.14 bits per heavy atom. The number of nitrogens with one attached hydrogen (secondary N) is 1. The molecular weight excluding hydrogens is 318 g/mol. The van der Waals surface area contributed by atoms with Gasteiger partial charge in [0, 0.05) is 22.6 Å². The van der Waals surface area contributed by atoms with Crippen molar-refractivity contribution in [2.24, 2.45) is 0 Å². The standard InChI is InChI=1S/C17H19NO2S.ClH/c1-18-10-16-12-7-8-14(19)17(20)13(12)9-15(21-16)11-5-3-2-4-6-11;/h2-8,15-16,18-20H,9-10H2,1H3;1H. The Morgan fingerprint density at radius 3 is 2.55 bits per heavy atom. The fraction of sp³-hybridized carbons (Fsp3) is 0.294.